The number of methoxy groups -OCH3 is 1. The third-order valence-electron chi connectivity index (χ3n) is 5.28. The van der Waals surface area contributed by atoms with Gasteiger partial charge in [0.2, 0.25) is 0 Å². The summed E-state index contributed by atoms with van der Waals surface area (Å²) in [6.45, 7) is 5.39. The zero-order valence-electron chi connectivity index (χ0n) is 18.8. The molecule has 0 radical (unpaired) electrons. The summed E-state index contributed by atoms with van der Waals surface area (Å²) in [5.41, 5.74) is 2.09. The molecule has 0 aliphatic carbocycles. The van der Waals surface area contributed by atoms with Gasteiger partial charge < -0.3 is 29.0 Å². The summed E-state index contributed by atoms with van der Waals surface area (Å²) in [6.07, 6.45) is 2.40. The molecule has 7 nitrogen and oxygen atoms in total. The first-order valence-corrected chi connectivity index (χ1v) is 10.8. The van der Waals surface area contributed by atoms with E-state index in [2.05, 4.69) is 13.8 Å². The van der Waals surface area contributed by atoms with Gasteiger partial charge in [0.1, 0.15) is 23.3 Å². The molecule has 2 aromatic carbocycles. The molecule has 0 amide bonds. The van der Waals surface area contributed by atoms with Gasteiger partial charge in [-0.1, -0.05) is 19.9 Å². The zero-order chi connectivity index (χ0) is 23.1. The molecule has 0 fully saturated rings. The fourth-order valence-electron chi connectivity index (χ4n) is 3.51. The van der Waals surface area contributed by atoms with Crippen LogP contribution in [0.2, 0.25) is 0 Å². The van der Waals surface area contributed by atoms with E-state index in [1.54, 1.807) is 37.4 Å². The largest absolute Gasteiger partial charge is 0.495 e. The average molecular weight is 442 g/mol. The number of nitrogens with zero attached hydrogens (tertiary/aromatic N) is 1. The number of hydrogen-bond donors (Lipinski definition) is 2. The molecule has 0 atom stereocenters. The molecule has 0 spiro atoms. The van der Waals surface area contributed by atoms with E-state index in [1.165, 1.54) is 6.26 Å². The molecule has 7 heteroatoms. The third kappa shape index (κ3) is 5.41. The average Bonchev–Trinajstić information content (AvgIpc) is 2.78. The summed E-state index contributed by atoms with van der Waals surface area (Å²) >= 11 is 0. The number of aliphatic hydroxyl groups is 2. The fraction of sp³-hybridized carbons (Fsp3) is 0.400. The molecule has 0 unspecified atom stereocenters. The van der Waals surface area contributed by atoms with Crippen LogP contribution >= 0.6 is 0 Å². The van der Waals surface area contributed by atoms with Crippen LogP contribution in [-0.4, -0.2) is 50.2 Å². The number of benzene rings is 2. The van der Waals surface area contributed by atoms with Gasteiger partial charge in [0, 0.05) is 19.2 Å². The zero-order valence-corrected chi connectivity index (χ0v) is 18.8. The Kier molecular flexibility index (Phi) is 8.14. The summed E-state index contributed by atoms with van der Waals surface area (Å²) in [6, 6.07) is 10.6. The van der Waals surface area contributed by atoms with Gasteiger partial charge in [0.15, 0.2) is 5.43 Å². The molecule has 3 rings (SSSR count). The van der Waals surface area contributed by atoms with Crippen molar-refractivity contribution in [2.45, 2.75) is 20.3 Å². The van der Waals surface area contributed by atoms with Gasteiger partial charge in [-0.15, -0.1) is 0 Å². The van der Waals surface area contributed by atoms with Crippen molar-refractivity contribution in [3.05, 3.63) is 52.9 Å². The minimum absolute atomic E-state index is 0.0763. The van der Waals surface area contributed by atoms with Crippen molar-refractivity contribution < 1.29 is 24.1 Å². The Morgan fingerprint density at radius 1 is 1.06 bits per heavy atom. The van der Waals surface area contributed by atoms with Crippen molar-refractivity contribution >= 4 is 16.7 Å². The van der Waals surface area contributed by atoms with Crippen molar-refractivity contribution in [1.29, 1.82) is 0 Å². The van der Waals surface area contributed by atoms with Crippen LogP contribution < -0.4 is 19.8 Å². The lowest BCUT2D eigenvalue weighted by molar-refractivity contribution is 0.280. The highest BCUT2D eigenvalue weighted by atomic mass is 16.5. The topological polar surface area (TPSA) is 92.4 Å². The first-order chi connectivity index (χ1) is 15.5. The third-order valence-corrected chi connectivity index (χ3v) is 5.28. The first-order valence-electron chi connectivity index (χ1n) is 10.8. The highest BCUT2D eigenvalue weighted by molar-refractivity contribution is 5.83. The summed E-state index contributed by atoms with van der Waals surface area (Å²) < 4.78 is 17.0. The fourth-order valence-corrected chi connectivity index (χ4v) is 3.51. The Labute approximate surface area is 187 Å². The van der Waals surface area contributed by atoms with E-state index in [0.29, 0.717) is 64.9 Å². The molecule has 0 saturated heterocycles. The van der Waals surface area contributed by atoms with E-state index in [9.17, 15) is 15.0 Å². The molecule has 0 aliphatic heterocycles. The number of ether oxygens (including phenoxy) is 2. The van der Waals surface area contributed by atoms with E-state index in [0.717, 1.165) is 6.42 Å². The van der Waals surface area contributed by atoms with Gasteiger partial charge >= 0.3 is 0 Å². The van der Waals surface area contributed by atoms with Crippen LogP contribution in [0.1, 0.15) is 20.3 Å². The molecule has 1 heterocycles. The Morgan fingerprint density at radius 2 is 1.81 bits per heavy atom. The molecular weight excluding hydrogens is 410 g/mol. The summed E-state index contributed by atoms with van der Waals surface area (Å²) in [7, 11) is 1.56. The monoisotopic (exact) mass is 441 g/mol. The summed E-state index contributed by atoms with van der Waals surface area (Å²) in [4.78, 5) is 15.0. The van der Waals surface area contributed by atoms with Crippen LogP contribution in [-0.2, 0) is 0 Å². The molecule has 32 heavy (non-hydrogen) atoms. The molecule has 3 aromatic rings. The van der Waals surface area contributed by atoms with Crippen LogP contribution in [0.15, 0.2) is 51.9 Å². The van der Waals surface area contributed by atoms with E-state index in [1.807, 2.05) is 11.0 Å². The lowest BCUT2D eigenvalue weighted by atomic mass is 10.0. The number of rotatable bonds is 11. The van der Waals surface area contributed by atoms with Gasteiger partial charge in [-0.2, -0.15) is 0 Å². The van der Waals surface area contributed by atoms with Crippen LogP contribution in [0.3, 0.4) is 0 Å². The van der Waals surface area contributed by atoms with Gasteiger partial charge in [0.25, 0.3) is 0 Å². The predicted octanol–water partition coefficient (Wildman–Crippen LogP) is 3.68. The quantitative estimate of drug-likeness (QED) is 0.469. The van der Waals surface area contributed by atoms with E-state index in [-0.39, 0.29) is 18.6 Å². The highest BCUT2D eigenvalue weighted by Gasteiger charge is 2.16. The van der Waals surface area contributed by atoms with Crippen molar-refractivity contribution in [3.63, 3.8) is 0 Å². The van der Waals surface area contributed by atoms with E-state index >= 15 is 0 Å². The normalized spacial score (nSPS) is 11.2. The first kappa shape index (κ1) is 23.6. The van der Waals surface area contributed by atoms with Crippen molar-refractivity contribution in [3.8, 4) is 22.6 Å². The van der Waals surface area contributed by atoms with Crippen LogP contribution in [0.4, 0.5) is 5.69 Å². The maximum Gasteiger partial charge on any atom is 0.200 e. The van der Waals surface area contributed by atoms with Crippen LogP contribution in [0.25, 0.3) is 22.1 Å². The maximum absolute atomic E-state index is 13.2. The molecule has 2 N–H and O–H groups in total. The second kappa shape index (κ2) is 11.0. The van der Waals surface area contributed by atoms with Gasteiger partial charge in [0.05, 0.1) is 43.6 Å². The minimum Gasteiger partial charge on any atom is -0.495 e. The van der Waals surface area contributed by atoms with E-state index in [4.69, 9.17) is 13.9 Å². The SMILES string of the molecule is COc1ccc(-c2coc3cc(OCCC(C)C)ccc3c2=O)cc1N(CCO)CCO. The van der Waals surface area contributed by atoms with E-state index < -0.39 is 0 Å². The maximum atomic E-state index is 13.2. The van der Waals surface area contributed by atoms with Gasteiger partial charge in [-0.3, -0.25) is 4.79 Å². The second-order valence-electron chi connectivity index (χ2n) is 7.99. The van der Waals surface area contributed by atoms with Gasteiger partial charge in [-0.05, 0) is 42.2 Å². The Morgan fingerprint density at radius 3 is 2.47 bits per heavy atom. The Balaban J connectivity index is 1.97. The standard InChI is InChI=1S/C25H31NO6/c1-17(2)8-13-31-19-5-6-20-24(15-19)32-16-21(25(20)29)18-4-7-23(30-3)22(14-18)26(9-11-27)10-12-28/h4-7,14-17,27-28H,8-13H2,1-3H3. The van der Waals surface area contributed by atoms with Gasteiger partial charge in [-0.25, -0.2) is 0 Å². The van der Waals surface area contributed by atoms with Crippen molar-refractivity contribution in [2.75, 3.05) is 44.9 Å². The highest BCUT2D eigenvalue weighted by Crippen LogP contribution is 2.33. The molecule has 0 aliphatic rings. The molecule has 0 bridgehead atoms. The van der Waals surface area contributed by atoms with Crippen molar-refractivity contribution in [2.24, 2.45) is 5.92 Å². The van der Waals surface area contributed by atoms with Crippen LogP contribution in [0.5, 0.6) is 11.5 Å². The lowest BCUT2D eigenvalue weighted by Gasteiger charge is -2.25. The molecule has 0 saturated carbocycles. The number of hydrogen-bond acceptors (Lipinski definition) is 7. The molecule has 1 aromatic heterocycles. The predicted molar refractivity (Wildman–Crippen MR) is 126 cm³/mol. The lowest BCUT2D eigenvalue weighted by Crippen LogP contribution is -2.30. The molecule has 172 valence electrons. The Bertz CT molecular complexity index is 1090. The van der Waals surface area contributed by atoms with Crippen molar-refractivity contribution in [1.82, 2.24) is 0 Å². The summed E-state index contributed by atoms with van der Waals surface area (Å²) in [5.74, 6) is 1.81. The number of fused-ring (bicyclic) bond motifs is 1. The Hall–Kier alpha value is -3.03. The molecular formula is C25H31NO6. The number of anilines is 1. The minimum atomic E-state index is -0.146. The smallest absolute Gasteiger partial charge is 0.200 e. The second-order valence-corrected chi connectivity index (χ2v) is 7.99. The van der Waals surface area contributed by atoms with Crippen LogP contribution in [0, 0.1) is 5.92 Å². The number of aliphatic hydroxyl groups excluding tert-OH is 2. The summed E-state index contributed by atoms with van der Waals surface area (Å²) in [5, 5.41) is 19.3.